The van der Waals surface area contributed by atoms with Crippen LogP contribution in [0.15, 0.2) is 0 Å². The lowest BCUT2D eigenvalue weighted by Crippen LogP contribution is -2.41. The summed E-state index contributed by atoms with van der Waals surface area (Å²) in [5.41, 5.74) is -0.492. The molecule has 0 radical (unpaired) electrons. The van der Waals surface area contributed by atoms with E-state index in [4.69, 9.17) is 4.74 Å². The molecule has 1 heterocycles. The van der Waals surface area contributed by atoms with Crippen LogP contribution in [0.25, 0.3) is 0 Å². The van der Waals surface area contributed by atoms with Gasteiger partial charge in [0.25, 0.3) is 0 Å². The van der Waals surface area contributed by atoms with Crippen LogP contribution in [-0.2, 0) is 4.74 Å². The summed E-state index contributed by atoms with van der Waals surface area (Å²) in [7, 11) is 0. The molecule has 92 valence electrons. The maximum atomic E-state index is 11.8. The van der Waals surface area contributed by atoms with Crippen LogP contribution in [0.4, 0.5) is 4.79 Å². The summed E-state index contributed by atoms with van der Waals surface area (Å²) in [6.07, 6.45) is 2.32. The quantitative estimate of drug-likeness (QED) is 0.688. The van der Waals surface area contributed by atoms with Crippen LogP contribution in [0.3, 0.4) is 0 Å². The molecule has 3 atom stereocenters. The predicted molar refractivity (Wildman–Crippen MR) is 59.8 cm³/mol. The minimum Gasteiger partial charge on any atom is -0.444 e. The molecule has 0 aromatic carbocycles. The maximum Gasteiger partial charge on any atom is 0.412 e. The molecule has 2 rings (SSSR count). The molecule has 2 aliphatic rings. The molecule has 16 heavy (non-hydrogen) atoms. The fourth-order valence-corrected chi connectivity index (χ4v) is 2.78. The monoisotopic (exact) mass is 227 g/mol. The molecule has 1 aliphatic carbocycles. The fourth-order valence-electron chi connectivity index (χ4n) is 2.78. The molecule has 0 aromatic rings. The number of nitrogens with zero attached hydrogens (tertiary/aromatic N) is 1. The van der Waals surface area contributed by atoms with Gasteiger partial charge in [0.1, 0.15) is 11.8 Å². The number of amides is 1. The molecule has 1 saturated carbocycles. The number of hydrogen-bond donors (Lipinski definition) is 1. The lowest BCUT2D eigenvalue weighted by Gasteiger charge is -2.27. The van der Waals surface area contributed by atoms with Gasteiger partial charge in [-0.25, -0.2) is 4.79 Å². The van der Waals surface area contributed by atoms with E-state index in [9.17, 15) is 9.90 Å². The Balaban J connectivity index is 1.99. The zero-order chi connectivity index (χ0) is 11.9. The van der Waals surface area contributed by atoms with Crippen LogP contribution in [0.5, 0.6) is 0 Å². The third-order valence-electron chi connectivity index (χ3n) is 3.48. The van der Waals surface area contributed by atoms with Crippen LogP contribution in [0.1, 0.15) is 40.0 Å². The van der Waals surface area contributed by atoms with Gasteiger partial charge >= 0.3 is 6.09 Å². The molecule has 1 saturated heterocycles. The SMILES string of the molecule is CC(C)(C)OC(=O)N1CC2CCCC2C1O. The first kappa shape index (κ1) is 11.7. The van der Waals surface area contributed by atoms with Gasteiger partial charge in [-0.2, -0.15) is 0 Å². The van der Waals surface area contributed by atoms with Crippen LogP contribution < -0.4 is 0 Å². The van der Waals surface area contributed by atoms with Gasteiger partial charge in [0.15, 0.2) is 0 Å². The van der Waals surface area contributed by atoms with E-state index in [1.54, 1.807) is 0 Å². The number of carbonyl (C=O) groups is 1. The van der Waals surface area contributed by atoms with Crippen LogP contribution in [0.2, 0.25) is 0 Å². The molecular weight excluding hydrogens is 206 g/mol. The minimum atomic E-state index is -0.637. The second-order valence-corrected chi connectivity index (χ2v) is 5.90. The van der Waals surface area contributed by atoms with Gasteiger partial charge < -0.3 is 9.84 Å². The zero-order valence-corrected chi connectivity index (χ0v) is 10.3. The first-order valence-electron chi connectivity index (χ1n) is 6.06. The third kappa shape index (κ3) is 2.17. The zero-order valence-electron chi connectivity index (χ0n) is 10.3. The average Bonchev–Trinajstić information content (AvgIpc) is 2.66. The van der Waals surface area contributed by atoms with Gasteiger partial charge in [-0.05, 0) is 39.5 Å². The summed E-state index contributed by atoms with van der Waals surface area (Å²) >= 11 is 0. The second-order valence-electron chi connectivity index (χ2n) is 5.90. The molecule has 0 bridgehead atoms. The van der Waals surface area contributed by atoms with Gasteiger partial charge in [0.2, 0.25) is 0 Å². The van der Waals surface area contributed by atoms with Gasteiger partial charge in [-0.1, -0.05) is 6.42 Å². The van der Waals surface area contributed by atoms with Gasteiger partial charge in [-0.3, -0.25) is 4.90 Å². The predicted octanol–water partition coefficient (Wildman–Crippen LogP) is 1.97. The van der Waals surface area contributed by atoms with Crippen molar-refractivity contribution in [2.45, 2.75) is 51.9 Å². The standard InChI is InChI=1S/C12H21NO3/c1-12(2,3)16-11(15)13-7-8-5-4-6-9(8)10(13)14/h8-10,14H,4-7H2,1-3H3. The second kappa shape index (κ2) is 3.91. The topological polar surface area (TPSA) is 49.8 Å². The first-order valence-corrected chi connectivity index (χ1v) is 6.06. The van der Waals surface area contributed by atoms with E-state index >= 15 is 0 Å². The Morgan fingerprint density at radius 3 is 2.62 bits per heavy atom. The van der Waals surface area contributed by atoms with Crippen molar-refractivity contribution in [1.82, 2.24) is 4.90 Å². The number of fused-ring (bicyclic) bond motifs is 1. The number of ether oxygens (including phenoxy) is 1. The summed E-state index contributed by atoms with van der Waals surface area (Å²) in [5, 5.41) is 10.1. The molecule has 0 spiro atoms. The summed E-state index contributed by atoms with van der Waals surface area (Å²) in [4.78, 5) is 13.3. The Hall–Kier alpha value is -0.770. The number of carbonyl (C=O) groups excluding carboxylic acids is 1. The van der Waals surface area contributed by atoms with E-state index in [0.717, 1.165) is 12.8 Å². The molecule has 2 fully saturated rings. The van der Waals surface area contributed by atoms with Gasteiger partial charge in [-0.15, -0.1) is 0 Å². The van der Waals surface area contributed by atoms with E-state index in [2.05, 4.69) is 0 Å². The maximum absolute atomic E-state index is 11.8. The molecule has 3 unspecified atom stereocenters. The van der Waals surface area contributed by atoms with E-state index in [-0.39, 0.29) is 12.0 Å². The van der Waals surface area contributed by atoms with E-state index < -0.39 is 11.8 Å². The Labute approximate surface area is 96.6 Å². The number of hydrogen-bond acceptors (Lipinski definition) is 3. The lowest BCUT2D eigenvalue weighted by molar-refractivity contribution is -0.0258. The number of rotatable bonds is 0. The molecule has 0 aromatic heterocycles. The summed E-state index contributed by atoms with van der Waals surface area (Å²) in [6.45, 7) is 6.18. The van der Waals surface area contributed by atoms with E-state index in [1.165, 1.54) is 11.3 Å². The molecular formula is C12H21NO3. The highest BCUT2D eigenvalue weighted by Gasteiger charge is 2.46. The molecule has 4 heteroatoms. The number of aliphatic hydroxyl groups is 1. The van der Waals surface area contributed by atoms with Crippen molar-refractivity contribution in [3.63, 3.8) is 0 Å². The third-order valence-corrected chi connectivity index (χ3v) is 3.48. The Morgan fingerprint density at radius 2 is 2.06 bits per heavy atom. The van der Waals surface area contributed by atoms with Crippen molar-refractivity contribution in [3.8, 4) is 0 Å². The van der Waals surface area contributed by atoms with Gasteiger partial charge in [0, 0.05) is 12.5 Å². The highest BCUT2D eigenvalue weighted by Crippen LogP contribution is 2.41. The Morgan fingerprint density at radius 1 is 1.38 bits per heavy atom. The minimum absolute atomic E-state index is 0.271. The summed E-state index contributed by atoms with van der Waals surface area (Å²) in [6, 6.07) is 0. The molecule has 1 N–H and O–H groups in total. The lowest BCUT2D eigenvalue weighted by atomic mass is 10.00. The van der Waals surface area contributed by atoms with Crippen molar-refractivity contribution in [2.24, 2.45) is 11.8 Å². The average molecular weight is 227 g/mol. The first-order chi connectivity index (χ1) is 7.38. The van der Waals surface area contributed by atoms with Crippen LogP contribution in [0, 0.1) is 11.8 Å². The molecule has 4 nitrogen and oxygen atoms in total. The highest BCUT2D eigenvalue weighted by molar-refractivity contribution is 5.68. The largest absolute Gasteiger partial charge is 0.444 e. The van der Waals surface area contributed by atoms with Crippen molar-refractivity contribution in [2.75, 3.05) is 6.54 Å². The van der Waals surface area contributed by atoms with Crippen molar-refractivity contribution in [3.05, 3.63) is 0 Å². The van der Waals surface area contributed by atoms with E-state index in [1.807, 2.05) is 20.8 Å². The molecule has 1 amide bonds. The van der Waals surface area contributed by atoms with Crippen LogP contribution in [-0.4, -0.2) is 34.5 Å². The van der Waals surface area contributed by atoms with Crippen molar-refractivity contribution in [1.29, 1.82) is 0 Å². The van der Waals surface area contributed by atoms with Crippen LogP contribution >= 0.6 is 0 Å². The fraction of sp³-hybridized carbons (Fsp3) is 0.917. The number of aliphatic hydroxyl groups excluding tert-OH is 1. The summed E-state index contributed by atoms with van der Waals surface area (Å²) < 4.78 is 5.28. The number of likely N-dealkylation sites (tertiary alicyclic amines) is 1. The normalized spacial score (nSPS) is 34.0. The van der Waals surface area contributed by atoms with Crippen molar-refractivity contribution < 1.29 is 14.6 Å². The summed E-state index contributed by atoms with van der Waals surface area (Å²) in [5.74, 6) is 0.745. The molecule has 1 aliphatic heterocycles. The van der Waals surface area contributed by atoms with Gasteiger partial charge in [0.05, 0.1) is 0 Å². The smallest absolute Gasteiger partial charge is 0.412 e. The Bertz CT molecular complexity index is 284. The highest BCUT2D eigenvalue weighted by atomic mass is 16.6. The van der Waals surface area contributed by atoms with Crippen molar-refractivity contribution >= 4 is 6.09 Å². The Kier molecular flexibility index (Phi) is 2.86. The van der Waals surface area contributed by atoms with E-state index in [0.29, 0.717) is 12.5 Å².